The van der Waals surface area contributed by atoms with Crippen molar-refractivity contribution in [1.29, 1.82) is 0 Å². The first-order valence-electron chi connectivity index (χ1n) is 11.3. The molecule has 1 saturated carbocycles. The zero-order valence-corrected chi connectivity index (χ0v) is 18.3. The SMILES string of the molecule is CCOC(=O)COc1cccc([C@H]2CC[C@@H](NC(C)c3cccc4ccccc34)C2)c1. The van der Waals surface area contributed by atoms with E-state index in [4.69, 9.17) is 9.47 Å². The minimum atomic E-state index is -0.333. The Kier molecular flexibility index (Phi) is 6.88. The van der Waals surface area contributed by atoms with Gasteiger partial charge in [0.05, 0.1) is 6.61 Å². The van der Waals surface area contributed by atoms with Crippen molar-refractivity contribution in [3.05, 3.63) is 77.9 Å². The zero-order chi connectivity index (χ0) is 21.6. The van der Waals surface area contributed by atoms with Crippen LogP contribution in [0.2, 0.25) is 0 Å². The van der Waals surface area contributed by atoms with Gasteiger partial charge in [0.25, 0.3) is 0 Å². The molecule has 0 bridgehead atoms. The summed E-state index contributed by atoms with van der Waals surface area (Å²) in [5.41, 5.74) is 2.64. The van der Waals surface area contributed by atoms with E-state index in [-0.39, 0.29) is 12.6 Å². The second-order valence-electron chi connectivity index (χ2n) is 8.33. The van der Waals surface area contributed by atoms with Gasteiger partial charge in [-0.2, -0.15) is 0 Å². The molecule has 1 aliphatic rings. The lowest BCUT2D eigenvalue weighted by Crippen LogP contribution is -2.29. The fourth-order valence-corrected chi connectivity index (χ4v) is 4.71. The standard InChI is InChI=1S/C27H31NO3/c1-3-30-27(29)18-31-24-11-6-10-21(17-24)22-14-15-23(16-22)28-19(2)25-13-7-9-20-8-4-5-12-26(20)25/h4-13,17,19,22-23,28H,3,14-16,18H2,1-2H3/t19?,22-,23+/m0/s1. The zero-order valence-electron chi connectivity index (χ0n) is 18.3. The van der Waals surface area contributed by atoms with E-state index in [9.17, 15) is 4.79 Å². The van der Waals surface area contributed by atoms with Crippen LogP contribution in [0.3, 0.4) is 0 Å². The van der Waals surface area contributed by atoms with Gasteiger partial charge in [0.2, 0.25) is 0 Å². The van der Waals surface area contributed by atoms with Crippen molar-refractivity contribution in [2.24, 2.45) is 0 Å². The average molecular weight is 418 g/mol. The Hall–Kier alpha value is -2.85. The molecule has 4 heteroatoms. The van der Waals surface area contributed by atoms with E-state index in [1.807, 2.05) is 12.1 Å². The van der Waals surface area contributed by atoms with Crippen LogP contribution in [0.1, 0.15) is 56.2 Å². The number of nitrogens with one attached hydrogen (secondary N) is 1. The van der Waals surface area contributed by atoms with Gasteiger partial charge in [-0.25, -0.2) is 4.79 Å². The first-order chi connectivity index (χ1) is 15.1. The molecule has 3 aromatic carbocycles. The Labute approximate surface area is 184 Å². The van der Waals surface area contributed by atoms with Crippen molar-refractivity contribution in [3.63, 3.8) is 0 Å². The molecule has 1 unspecified atom stereocenters. The number of hydrogen-bond donors (Lipinski definition) is 1. The van der Waals surface area contributed by atoms with Crippen molar-refractivity contribution < 1.29 is 14.3 Å². The molecule has 0 saturated heterocycles. The lowest BCUT2D eigenvalue weighted by molar-refractivity contribution is -0.145. The highest BCUT2D eigenvalue weighted by Gasteiger charge is 2.27. The van der Waals surface area contributed by atoms with Gasteiger partial charge >= 0.3 is 5.97 Å². The van der Waals surface area contributed by atoms with Gasteiger partial charge < -0.3 is 14.8 Å². The van der Waals surface area contributed by atoms with Crippen molar-refractivity contribution in [2.75, 3.05) is 13.2 Å². The van der Waals surface area contributed by atoms with E-state index >= 15 is 0 Å². The fraction of sp³-hybridized carbons (Fsp3) is 0.370. The molecule has 4 rings (SSSR count). The molecule has 0 aliphatic heterocycles. The molecule has 31 heavy (non-hydrogen) atoms. The topological polar surface area (TPSA) is 47.6 Å². The highest BCUT2D eigenvalue weighted by molar-refractivity contribution is 5.86. The maximum atomic E-state index is 11.5. The summed E-state index contributed by atoms with van der Waals surface area (Å²) >= 11 is 0. The Balaban J connectivity index is 1.37. The van der Waals surface area contributed by atoms with Crippen LogP contribution in [-0.2, 0) is 9.53 Å². The molecule has 0 spiro atoms. The van der Waals surface area contributed by atoms with E-state index in [1.165, 1.54) is 21.9 Å². The summed E-state index contributed by atoms with van der Waals surface area (Å²) in [6.45, 7) is 4.38. The van der Waals surface area contributed by atoms with Gasteiger partial charge in [0.15, 0.2) is 6.61 Å². The lowest BCUT2D eigenvalue weighted by atomic mass is 9.96. The molecule has 0 aromatic heterocycles. The van der Waals surface area contributed by atoms with Gasteiger partial charge in [-0.3, -0.25) is 0 Å². The van der Waals surface area contributed by atoms with Crippen LogP contribution < -0.4 is 10.1 Å². The highest BCUT2D eigenvalue weighted by Crippen LogP contribution is 2.37. The molecule has 1 fully saturated rings. The Bertz CT molecular complexity index is 1030. The van der Waals surface area contributed by atoms with Crippen LogP contribution in [0.15, 0.2) is 66.7 Å². The number of rotatable bonds is 8. The predicted octanol–water partition coefficient (Wildman–Crippen LogP) is 5.77. The Morgan fingerprint density at radius 2 is 1.87 bits per heavy atom. The highest BCUT2D eigenvalue weighted by atomic mass is 16.6. The van der Waals surface area contributed by atoms with Crippen molar-refractivity contribution in [3.8, 4) is 5.75 Å². The summed E-state index contributed by atoms with van der Waals surface area (Å²) in [6, 6.07) is 24.1. The van der Waals surface area contributed by atoms with E-state index in [0.29, 0.717) is 24.6 Å². The molecule has 162 valence electrons. The largest absolute Gasteiger partial charge is 0.482 e. The van der Waals surface area contributed by atoms with Crippen molar-refractivity contribution in [2.45, 2.75) is 51.1 Å². The second-order valence-corrected chi connectivity index (χ2v) is 8.33. The summed E-state index contributed by atoms with van der Waals surface area (Å²) in [4.78, 5) is 11.5. The van der Waals surface area contributed by atoms with E-state index in [1.54, 1.807) is 6.92 Å². The monoisotopic (exact) mass is 417 g/mol. The molecule has 3 atom stereocenters. The van der Waals surface area contributed by atoms with Crippen LogP contribution in [0.5, 0.6) is 5.75 Å². The van der Waals surface area contributed by atoms with E-state index in [0.717, 1.165) is 25.0 Å². The van der Waals surface area contributed by atoms with Crippen LogP contribution in [-0.4, -0.2) is 25.2 Å². The average Bonchev–Trinajstić information content (AvgIpc) is 3.26. The number of benzene rings is 3. The Morgan fingerprint density at radius 1 is 1.06 bits per heavy atom. The fourth-order valence-electron chi connectivity index (χ4n) is 4.71. The van der Waals surface area contributed by atoms with Gasteiger partial charge in [0.1, 0.15) is 5.75 Å². The summed E-state index contributed by atoms with van der Waals surface area (Å²) in [6.07, 6.45) is 3.42. The number of esters is 1. The number of carbonyl (C=O) groups excluding carboxylic acids is 1. The van der Waals surface area contributed by atoms with Gasteiger partial charge in [-0.15, -0.1) is 0 Å². The summed E-state index contributed by atoms with van der Waals surface area (Å²) in [7, 11) is 0. The molecule has 1 N–H and O–H groups in total. The normalized spacial score (nSPS) is 19.3. The van der Waals surface area contributed by atoms with Crippen LogP contribution >= 0.6 is 0 Å². The third-order valence-electron chi connectivity index (χ3n) is 6.20. The maximum Gasteiger partial charge on any atom is 0.344 e. The van der Waals surface area contributed by atoms with Crippen LogP contribution in [0.25, 0.3) is 10.8 Å². The number of hydrogen-bond acceptors (Lipinski definition) is 4. The molecule has 4 nitrogen and oxygen atoms in total. The first kappa shape index (κ1) is 21.4. The number of ether oxygens (including phenoxy) is 2. The van der Waals surface area contributed by atoms with Crippen LogP contribution in [0.4, 0.5) is 0 Å². The predicted molar refractivity (Wildman–Crippen MR) is 124 cm³/mol. The Morgan fingerprint density at radius 3 is 2.74 bits per heavy atom. The summed E-state index contributed by atoms with van der Waals surface area (Å²) < 4.78 is 10.6. The minimum Gasteiger partial charge on any atom is -0.482 e. The number of carbonyl (C=O) groups is 1. The van der Waals surface area contributed by atoms with Crippen molar-refractivity contribution >= 4 is 16.7 Å². The molecular formula is C27H31NO3. The molecule has 3 aromatic rings. The minimum absolute atomic E-state index is 0.0469. The quantitative estimate of drug-likeness (QED) is 0.473. The third-order valence-corrected chi connectivity index (χ3v) is 6.20. The molecule has 0 amide bonds. The number of fused-ring (bicyclic) bond motifs is 1. The molecule has 0 radical (unpaired) electrons. The first-order valence-corrected chi connectivity index (χ1v) is 11.3. The molecular weight excluding hydrogens is 386 g/mol. The smallest absolute Gasteiger partial charge is 0.344 e. The summed E-state index contributed by atoms with van der Waals surface area (Å²) in [5, 5.41) is 6.48. The second kappa shape index (κ2) is 9.97. The van der Waals surface area contributed by atoms with E-state index < -0.39 is 0 Å². The van der Waals surface area contributed by atoms with Crippen LogP contribution in [0, 0.1) is 0 Å². The van der Waals surface area contributed by atoms with Gasteiger partial charge in [0, 0.05) is 12.1 Å². The molecule has 0 heterocycles. The van der Waals surface area contributed by atoms with Crippen molar-refractivity contribution in [1.82, 2.24) is 5.32 Å². The summed E-state index contributed by atoms with van der Waals surface area (Å²) in [5.74, 6) is 0.898. The molecule has 1 aliphatic carbocycles. The third kappa shape index (κ3) is 5.26. The lowest BCUT2D eigenvalue weighted by Gasteiger charge is -2.21. The maximum absolute atomic E-state index is 11.5. The van der Waals surface area contributed by atoms with E-state index in [2.05, 4.69) is 66.8 Å². The van der Waals surface area contributed by atoms with Gasteiger partial charge in [-0.1, -0.05) is 54.6 Å². The van der Waals surface area contributed by atoms with Gasteiger partial charge in [-0.05, 0) is 73.1 Å².